The van der Waals surface area contributed by atoms with Crippen molar-refractivity contribution in [2.45, 2.75) is 31.3 Å². The van der Waals surface area contributed by atoms with Gasteiger partial charge < -0.3 is 41.4 Å². The van der Waals surface area contributed by atoms with Gasteiger partial charge in [0, 0.05) is 25.0 Å². The molecule has 2 atom stereocenters. The zero-order valence-corrected chi connectivity index (χ0v) is 16.9. The molecule has 1 aromatic carbocycles. The summed E-state index contributed by atoms with van der Waals surface area (Å²) in [6, 6.07) is 6.86. The van der Waals surface area contributed by atoms with Gasteiger partial charge in [-0.15, -0.1) is 11.8 Å². The van der Waals surface area contributed by atoms with Crippen LogP contribution >= 0.6 is 11.8 Å². The second-order valence-corrected chi connectivity index (χ2v) is 7.32. The minimum atomic E-state index is -1.50. The van der Waals surface area contributed by atoms with Gasteiger partial charge in [-0.1, -0.05) is 35.5 Å². The van der Waals surface area contributed by atoms with E-state index in [-0.39, 0.29) is 30.1 Å². The Morgan fingerprint density at radius 2 is 1.83 bits per heavy atom. The van der Waals surface area contributed by atoms with Crippen molar-refractivity contribution < 1.29 is 40.3 Å². The van der Waals surface area contributed by atoms with Gasteiger partial charge in [0.2, 0.25) is 11.8 Å². The minimum Gasteiger partial charge on any atom is -0.548 e. The van der Waals surface area contributed by atoms with Crippen LogP contribution in [-0.4, -0.2) is 58.4 Å². The number of aliphatic carboxylic acids is 2. The Balaban J connectivity index is 2.71. The number of hydrogen-bond acceptors (Lipinski definition) is 9. The number of carboxylic acids is 2. The number of hydrogen-bond donors (Lipinski definition) is 4. The number of nitrogens with zero attached hydrogens (tertiary/aromatic N) is 1. The smallest absolute Gasteiger partial charge is 0.243 e. The maximum atomic E-state index is 12.2. The molecule has 1 aromatic rings. The summed E-state index contributed by atoms with van der Waals surface area (Å²) in [5.74, 6) is -4.35. The third-order valence-corrected chi connectivity index (χ3v) is 4.90. The molecule has 6 N–H and O–H groups in total. The van der Waals surface area contributed by atoms with Crippen molar-refractivity contribution in [2.24, 2.45) is 5.16 Å². The van der Waals surface area contributed by atoms with E-state index in [4.69, 9.17) is 0 Å². The maximum Gasteiger partial charge on any atom is 0.243 e. The van der Waals surface area contributed by atoms with Crippen LogP contribution in [-0.2, 0) is 25.6 Å². The summed E-state index contributed by atoms with van der Waals surface area (Å²) in [6.45, 7) is -0.744. The number of oxime groups is 1. The van der Waals surface area contributed by atoms with Crippen molar-refractivity contribution >= 4 is 40.6 Å². The number of amides is 2. The van der Waals surface area contributed by atoms with Crippen LogP contribution in [0, 0.1) is 0 Å². The Bertz CT molecular complexity index is 773. The zero-order chi connectivity index (χ0) is 22.5. The number of benzene rings is 1. The van der Waals surface area contributed by atoms with Crippen LogP contribution in [0.15, 0.2) is 35.5 Å². The summed E-state index contributed by atoms with van der Waals surface area (Å²) in [5, 5.41) is 38.5. The van der Waals surface area contributed by atoms with Crippen LogP contribution in [0.2, 0.25) is 0 Å². The lowest BCUT2D eigenvalue weighted by molar-refractivity contribution is -0.438. The van der Waals surface area contributed by atoms with Gasteiger partial charge in [-0.3, -0.25) is 9.59 Å². The number of nitrogens with one attached hydrogen (secondary N) is 2. The van der Waals surface area contributed by atoms with Crippen LogP contribution in [0.3, 0.4) is 0 Å². The van der Waals surface area contributed by atoms with Gasteiger partial charge in [-0.2, -0.15) is 0 Å². The van der Waals surface area contributed by atoms with E-state index in [1.807, 2.05) is 30.3 Å². The van der Waals surface area contributed by atoms with Crippen molar-refractivity contribution in [2.75, 3.05) is 12.3 Å². The second kappa shape index (κ2) is 13.2. The van der Waals surface area contributed by atoms with Crippen LogP contribution in [0.25, 0.3) is 0 Å². The van der Waals surface area contributed by atoms with E-state index in [0.29, 0.717) is 0 Å². The molecule has 2 amide bonds. The van der Waals surface area contributed by atoms with E-state index in [1.165, 1.54) is 0 Å². The van der Waals surface area contributed by atoms with E-state index in [1.54, 1.807) is 0 Å². The number of quaternary nitrogens is 1. The summed E-state index contributed by atoms with van der Waals surface area (Å²) in [5.41, 5.74) is 4.21. The molecule has 11 nitrogen and oxygen atoms in total. The van der Waals surface area contributed by atoms with Gasteiger partial charge >= 0.3 is 0 Å². The van der Waals surface area contributed by atoms with Crippen LogP contribution in [0.5, 0.6) is 0 Å². The van der Waals surface area contributed by atoms with Crippen molar-refractivity contribution in [3.05, 3.63) is 35.9 Å². The summed E-state index contributed by atoms with van der Waals surface area (Å²) >= 11 is 1.00. The highest BCUT2D eigenvalue weighted by Crippen LogP contribution is 2.13. The van der Waals surface area contributed by atoms with Gasteiger partial charge in [0.1, 0.15) is 17.1 Å². The lowest BCUT2D eigenvalue weighted by Crippen LogP contribution is -2.68. The monoisotopic (exact) mass is 439 g/mol. The molecule has 0 aliphatic heterocycles. The van der Waals surface area contributed by atoms with Crippen molar-refractivity contribution in [1.82, 2.24) is 10.6 Å². The predicted molar refractivity (Wildman–Crippen MR) is 103 cm³/mol. The molecule has 164 valence electrons. The first-order valence-electron chi connectivity index (χ1n) is 8.91. The summed E-state index contributed by atoms with van der Waals surface area (Å²) in [7, 11) is 0. The van der Waals surface area contributed by atoms with E-state index >= 15 is 0 Å². The molecule has 0 fully saturated rings. The summed E-state index contributed by atoms with van der Waals surface area (Å²) in [6.07, 6.45) is -0.0216. The average Bonchev–Trinajstić information content (AvgIpc) is 2.72. The van der Waals surface area contributed by atoms with Crippen molar-refractivity contribution in [3.8, 4) is 0 Å². The highest BCUT2D eigenvalue weighted by atomic mass is 32.2. The zero-order valence-electron chi connectivity index (χ0n) is 16.0. The van der Waals surface area contributed by atoms with Crippen LogP contribution in [0.1, 0.15) is 18.4 Å². The lowest BCUT2D eigenvalue weighted by Gasteiger charge is -2.19. The highest BCUT2D eigenvalue weighted by molar-refractivity contribution is 8.14. The molecule has 0 saturated carbocycles. The fourth-order valence-electron chi connectivity index (χ4n) is 2.22. The first-order chi connectivity index (χ1) is 14.2. The predicted octanol–water partition coefficient (Wildman–Crippen LogP) is -3.76. The van der Waals surface area contributed by atoms with Crippen LogP contribution < -0.4 is 26.6 Å². The number of carboxylic acid groups (broad SMARTS) is 2. The second-order valence-electron chi connectivity index (χ2n) is 6.23. The van der Waals surface area contributed by atoms with Crippen LogP contribution in [0.4, 0.5) is 0 Å². The van der Waals surface area contributed by atoms with E-state index < -0.39 is 42.4 Å². The number of carbonyl (C=O) groups excluding carboxylic acids is 4. The Labute approximate surface area is 176 Å². The SMILES string of the molecule is [NH3+][C@@H](CCC(=O)N[C@@H](CS/C(Cc1ccccc1)=N\O)C(=O)NCC(=O)[O-])C(=O)[O-]. The van der Waals surface area contributed by atoms with Gasteiger partial charge in [0.05, 0.1) is 18.5 Å². The Hall–Kier alpha value is -3.12. The lowest BCUT2D eigenvalue weighted by atomic mass is 10.1. The molecule has 0 bridgehead atoms. The van der Waals surface area contributed by atoms with Gasteiger partial charge in [-0.25, -0.2) is 0 Å². The molecule has 0 radical (unpaired) electrons. The number of thioether (sulfide) groups is 1. The molecule has 0 aliphatic carbocycles. The van der Waals surface area contributed by atoms with Gasteiger partial charge in [0.15, 0.2) is 0 Å². The average molecular weight is 439 g/mol. The molecule has 0 heterocycles. The Kier molecular flexibility index (Phi) is 10.9. The molecule has 1 rings (SSSR count). The maximum absolute atomic E-state index is 12.2. The standard InChI is InChI=1S/C18H24N4O7S/c19-12(18(27)28)6-7-14(23)21-13(17(26)20-9-16(24)25)10-30-15(22-29)8-11-4-2-1-3-5-11/h1-5,12-13,29H,6-10,19H2,(H,20,26)(H,21,23)(H,24,25)(H,27,28)/p-1/b22-15-/t12-,13-/m0/s1. The first kappa shape index (κ1) is 24.9. The molecule has 0 unspecified atom stereocenters. The summed E-state index contributed by atoms with van der Waals surface area (Å²) < 4.78 is 0. The van der Waals surface area contributed by atoms with E-state index in [9.17, 15) is 34.6 Å². The van der Waals surface area contributed by atoms with E-state index in [0.717, 1.165) is 17.3 Å². The normalized spacial score (nSPS) is 13.2. The molecule has 12 heteroatoms. The molecular formula is C18H23N4O7S-. The Morgan fingerprint density at radius 3 is 2.40 bits per heavy atom. The molecule has 0 aromatic heterocycles. The van der Waals surface area contributed by atoms with Crippen molar-refractivity contribution in [1.29, 1.82) is 0 Å². The quantitative estimate of drug-likeness (QED) is 0.110. The third kappa shape index (κ3) is 9.89. The molecule has 0 spiro atoms. The fourth-order valence-corrected chi connectivity index (χ4v) is 3.14. The topological polar surface area (TPSA) is 199 Å². The molecule has 0 aliphatic rings. The molecular weight excluding hydrogens is 416 g/mol. The minimum absolute atomic E-state index is 0.0505. The van der Waals surface area contributed by atoms with Gasteiger partial charge in [0.25, 0.3) is 0 Å². The third-order valence-electron chi connectivity index (χ3n) is 3.84. The largest absolute Gasteiger partial charge is 0.548 e. The van der Waals surface area contributed by atoms with Gasteiger partial charge in [-0.05, 0) is 5.56 Å². The Morgan fingerprint density at radius 1 is 1.17 bits per heavy atom. The summed E-state index contributed by atoms with van der Waals surface area (Å²) in [4.78, 5) is 45.6. The highest BCUT2D eigenvalue weighted by Gasteiger charge is 2.22. The molecule has 30 heavy (non-hydrogen) atoms. The number of rotatable bonds is 12. The first-order valence-corrected chi connectivity index (χ1v) is 9.90. The van der Waals surface area contributed by atoms with Crippen molar-refractivity contribution in [3.63, 3.8) is 0 Å². The molecule has 0 saturated heterocycles. The number of carbonyl (C=O) groups is 4. The fraction of sp³-hybridized carbons (Fsp3) is 0.389. The van der Waals surface area contributed by atoms with E-state index in [2.05, 4.69) is 21.5 Å².